The molecule has 2 rings (SSSR count). The molecule has 0 unspecified atom stereocenters. The number of nitrogens with zero attached hydrogens (tertiary/aromatic N) is 1. The molecule has 0 radical (unpaired) electrons. The Kier molecular flexibility index (Phi) is 6.98. The summed E-state index contributed by atoms with van der Waals surface area (Å²) in [6, 6.07) is 14.4. The minimum Gasteiger partial charge on any atom is -0.338 e. The van der Waals surface area contributed by atoms with Crippen LogP contribution in [0.4, 0.5) is 0 Å². The van der Waals surface area contributed by atoms with E-state index in [4.69, 9.17) is 11.6 Å². The SMILES string of the molecule is CCN(CC)C(=O)/C(=C\c1ccccc1Cl)NC(=O)c1ccc(C)cc1. The van der Waals surface area contributed by atoms with Gasteiger partial charge in [-0.1, -0.05) is 47.5 Å². The maximum Gasteiger partial charge on any atom is 0.270 e. The van der Waals surface area contributed by atoms with Crippen molar-refractivity contribution in [2.45, 2.75) is 20.8 Å². The molecule has 26 heavy (non-hydrogen) atoms. The van der Waals surface area contributed by atoms with Gasteiger partial charge in [-0.05, 0) is 50.6 Å². The summed E-state index contributed by atoms with van der Waals surface area (Å²) in [5.74, 6) is -0.570. The van der Waals surface area contributed by atoms with Crippen molar-refractivity contribution in [3.8, 4) is 0 Å². The monoisotopic (exact) mass is 370 g/mol. The second-order valence-electron chi connectivity index (χ2n) is 5.88. The van der Waals surface area contributed by atoms with Gasteiger partial charge in [0.15, 0.2) is 0 Å². The van der Waals surface area contributed by atoms with Gasteiger partial charge in [-0.25, -0.2) is 0 Å². The maximum absolute atomic E-state index is 12.8. The smallest absolute Gasteiger partial charge is 0.270 e. The molecule has 0 fully saturated rings. The normalized spacial score (nSPS) is 11.2. The quantitative estimate of drug-likeness (QED) is 0.771. The van der Waals surface area contributed by atoms with Gasteiger partial charge >= 0.3 is 0 Å². The van der Waals surface area contributed by atoms with Crippen molar-refractivity contribution >= 4 is 29.5 Å². The summed E-state index contributed by atoms with van der Waals surface area (Å²) in [7, 11) is 0. The van der Waals surface area contributed by atoms with Crippen LogP contribution in [0.2, 0.25) is 5.02 Å². The first-order valence-corrected chi connectivity index (χ1v) is 8.97. The molecule has 0 saturated carbocycles. The van der Waals surface area contributed by atoms with Gasteiger partial charge in [0.05, 0.1) is 0 Å². The Bertz CT molecular complexity index is 809. The second-order valence-corrected chi connectivity index (χ2v) is 6.28. The lowest BCUT2D eigenvalue weighted by Gasteiger charge is -2.21. The van der Waals surface area contributed by atoms with Crippen LogP contribution in [0.15, 0.2) is 54.2 Å². The summed E-state index contributed by atoms with van der Waals surface area (Å²) in [6.45, 7) is 6.85. The Balaban J connectivity index is 2.37. The van der Waals surface area contributed by atoms with Crippen LogP contribution in [0, 0.1) is 6.92 Å². The molecular weight excluding hydrogens is 348 g/mol. The van der Waals surface area contributed by atoms with Gasteiger partial charge in [-0.3, -0.25) is 9.59 Å². The third-order valence-corrected chi connectivity index (χ3v) is 4.39. The van der Waals surface area contributed by atoms with E-state index in [0.717, 1.165) is 5.56 Å². The van der Waals surface area contributed by atoms with Gasteiger partial charge in [0.2, 0.25) is 0 Å². The summed E-state index contributed by atoms with van der Waals surface area (Å²) in [5, 5.41) is 3.27. The highest BCUT2D eigenvalue weighted by molar-refractivity contribution is 6.32. The maximum atomic E-state index is 12.8. The number of aryl methyl sites for hydroxylation is 1. The third-order valence-electron chi connectivity index (χ3n) is 4.05. The lowest BCUT2D eigenvalue weighted by molar-refractivity contribution is -0.127. The second kappa shape index (κ2) is 9.20. The van der Waals surface area contributed by atoms with Crippen molar-refractivity contribution in [3.63, 3.8) is 0 Å². The minimum atomic E-state index is -0.330. The average Bonchev–Trinajstić information content (AvgIpc) is 2.64. The highest BCUT2D eigenvalue weighted by Gasteiger charge is 2.19. The fourth-order valence-corrected chi connectivity index (χ4v) is 2.67. The van der Waals surface area contributed by atoms with Crippen molar-refractivity contribution in [3.05, 3.63) is 75.9 Å². The summed E-state index contributed by atoms with van der Waals surface area (Å²) in [5.41, 5.74) is 2.43. The first-order chi connectivity index (χ1) is 12.5. The fraction of sp³-hybridized carbons (Fsp3) is 0.238. The zero-order chi connectivity index (χ0) is 19.1. The number of likely N-dealkylation sites (N-methyl/N-ethyl adjacent to an activating group) is 1. The Morgan fingerprint density at radius 2 is 1.65 bits per heavy atom. The fourth-order valence-electron chi connectivity index (χ4n) is 2.48. The van der Waals surface area contributed by atoms with Crippen molar-refractivity contribution in [1.82, 2.24) is 10.2 Å². The van der Waals surface area contributed by atoms with Crippen molar-refractivity contribution < 1.29 is 9.59 Å². The van der Waals surface area contributed by atoms with E-state index in [1.807, 2.05) is 45.0 Å². The van der Waals surface area contributed by atoms with Crippen LogP contribution >= 0.6 is 11.6 Å². The molecule has 2 amide bonds. The molecule has 0 heterocycles. The lowest BCUT2D eigenvalue weighted by Crippen LogP contribution is -2.38. The minimum absolute atomic E-state index is 0.201. The highest BCUT2D eigenvalue weighted by Crippen LogP contribution is 2.18. The number of hydrogen-bond donors (Lipinski definition) is 1. The van der Waals surface area contributed by atoms with E-state index in [0.29, 0.717) is 29.2 Å². The van der Waals surface area contributed by atoms with Crippen LogP contribution in [-0.2, 0) is 4.79 Å². The standard InChI is InChI=1S/C21H23ClN2O2/c1-4-24(5-2)21(26)19(14-17-8-6-7-9-18(17)22)23-20(25)16-12-10-15(3)11-13-16/h6-14H,4-5H2,1-3H3,(H,23,25)/b19-14+. The van der Waals surface area contributed by atoms with Gasteiger partial charge in [-0.15, -0.1) is 0 Å². The molecule has 0 bridgehead atoms. The van der Waals surface area contributed by atoms with Crippen molar-refractivity contribution in [2.75, 3.05) is 13.1 Å². The van der Waals surface area contributed by atoms with E-state index in [9.17, 15) is 9.59 Å². The lowest BCUT2D eigenvalue weighted by atomic mass is 10.1. The highest BCUT2D eigenvalue weighted by atomic mass is 35.5. The van der Waals surface area contributed by atoms with E-state index in [1.165, 1.54) is 0 Å². The van der Waals surface area contributed by atoms with Crippen LogP contribution in [0.5, 0.6) is 0 Å². The van der Waals surface area contributed by atoms with Crippen LogP contribution in [0.1, 0.15) is 35.3 Å². The molecular formula is C21H23ClN2O2. The molecule has 136 valence electrons. The average molecular weight is 371 g/mol. The van der Waals surface area contributed by atoms with E-state index in [2.05, 4.69) is 5.32 Å². The number of hydrogen-bond acceptors (Lipinski definition) is 2. The molecule has 0 spiro atoms. The number of benzene rings is 2. The first kappa shape index (κ1) is 19.7. The molecule has 4 nitrogen and oxygen atoms in total. The van der Waals surface area contributed by atoms with Gasteiger partial charge in [0.1, 0.15) is 5.70 Å². The van der Waals surface area contributed by atoms with Crippen molar-refractivity contribution in [2.24, 2.45) is 0 Å². The molecule has 0 aliphatic rings. The Hall–Kier alpha value is -2.59. The zero-order valence-electron chi connectivity index (χ0n) is 15.3. The molecule has 2 aromatic carbocycles. The van der Waals surface area contributed by atoms with Crippen molar-refractivity contribution in [1.29, 1.82) is 0 Å². The van der Waals surface area contributed by atoms with Gasteiger partial charge in [0.25, 0.3) is 11.8 Å². The van der Waals surface area contributed by atoms with Gasteiger partial charge in [0, 0.05) is 23.7 Å². The summed E-state index contributed by atoms with van der Waals surface area (Å²) < 4.78 is 0. The molecule has 0 aromatic heterocycles. The van der Waals surface area contributed by atoms with E-state index in [-0.39, 0.29) is 17.5 Å². The molecule has 0 aliphatic heterocycles. The molecule has 2 aromatic rings. The first-order valence-electron chi connectivity index (χ1n) is 8.59. The van der Waals surface area contributed by atoms with Crippen LogP contribution < -0.4 is 5.32 Å². The predicted octanol–water partition coefficient (Wildman–Crippen LogP) is 4.29. The van der Waals surface area contributed by atoms with E-state index < -0.39 is 0 Å². The van der Waals surface area contributed by atoms with Crippen LogP contribution in [0.25, 0.3) is 6.08 Å². The number of carbonyl (C=O) groups excluding carboxylic acids is 2. The largest absolute Gasteiger partial charge is 0.338 e. The molecule has 5 heteroatoms. The van der Waals surface area contributed by atoms with Gasteiger partial charge < -0.3 is 10.2 Å². The molecule has 1 N–H and O–H groups in total. The zero-order valence-corrected chi connectivity index (χ0v) is 16.0. The Morgan fingerprint density at radius 3 is 2.23 bits per heavy atom. The number of nitrogens with one attached hydrogen (secondary N) is 1. The topological polar surface area (TPSA) is 49.4 Å². The van der Waals surface area contributed by atoms with Crippen LogP contribution in [0.3, 0.4) is 0 Å². The van der Waals surface area contributed by atoms with Gasteiger partial charge in [-0.2, -0.15) is 0 Å². The molecule has 0 atom stereocenters. The molecule has 0 aliphatic carbocycles. The number of rotatable bonds is 6. The molecule has 0 saturated heterocycles. The number of amides is 2. The summed E-state index contributed by atoms with van der Waals surface area (Å²) in [4.78, 5) is 27.1. The predicted molar refractivity (Wildman–Crippen MR) is 106 cm³/mol. The third kappa shape index (κ3) is 4.96. The number of carbonyl (C=O) groups is 2. The number of halogens is 1. The van der Waals surface area contributed by atoms with E-state index in [1.54, 1.807) is 35.2 Å². The Labute approximate surface area is 159 Å². The summed E-state index contributed by atoms with van der Waals surface area (Å²) >= 11 is 6.21. The Morgan fingerprint density at radius 1 is 1.04 bits per heavy atom. The van der Waals surface area contributed by atoms with E-state index >= 15 is 0 Å². The summed E-state index contributed by atoms with van der Waals surface area (Å²) in [6.07, 6.45) is 1.62. The van der Waals surface area contributed by atoms with Crippen LogP contribution in [-0.4, -0.2) is 29.8 Å².